The van der Waals surface area contributed by atoms with Gasteiger partial charge in [-0.25, -0.2) is 4.98 Å². The lowest BCUT2D eigenvalue weighted by atomic mass is 10.2. The fourth-order valence-electron chi connectivity index (χ4n) is 3.11. The van der Waals surface area contributed by atoms with E-state index in [1.807, 2.05) is 30.3 Å². The Kier molecular flexibility index (Phi) is 6.55. The van der Waals surface area contributed by atoms with E-state index in [0.29, 0.717) is 17.1 Å². The van der Waals surface area contributed by atoms with Crippen molar-refractivity contribution in [3.63, 3.8) is 0 Å². The van der Waals surface area contributed by atoms with Crippen LogP contribution in [0.1, 0.15) is 32.4 Å². The summed E-state index contributed by atoms with van der Waals surface area (Å²) in [7, 11) is 0. The van der Waals surface area contributed by atoms with Gasteiger partial charge in [0.1, 0.15) is 33.6 Å². The quantitative estimate of drug-likeness (QED) is 0.384. The van der Waals surface area contributed by atoms with E-state index in [4.69, 9.17) is 9.15 Å². The Morgan fingerprint density at radius 2 is 1.94 bits per heavy atom. The molecule has 2 N–H and O–H groups in total. The van der Waals surface area contributed by atoms with Crippen molar-refractivity contribution in [2.45, 2.75) is 26.3 Å². The molecular formula is C23H18F3N3O4S. The highest BCUT2D eigenvalue weighted by Crippen LogP contribution is 2.33. The van der Waals surface area contributed by atoms with Gasteiger partial charge in [-0.1, -0.05) is 30.3 Å². The summed E-state index contributed by atoms with van der Waals surface area (Å²) < 4.78 is 48.6. The highest BCUT2D eigenvalue weighted by Gasteiger charge is 2.34. The molecular weight excluding hydrogens is 471 g/mol. The summed E-state index contributed by atoms with van der Waals surface area (Å²) in [4.78, 5) is 32.4. The van der Waals surface area contributed by atoms with Crippen LogP contribution in [-0.4, -0.2) is 15.9 Å². The predicted octanol–water partition coefficient (Wildman–Crippen LogP) is 4.93. The first-order chi connectivity index (χ1) is 16.2. The number of thiazole rings is 1. The van der Waals surface area contributed by atoms with E-state index in [0.717, 1.165) is 29.0 Å². The number of hydrogen-bond acceptors (Lipinski definition) is 6. The van der Waals surface area contributed by atoms with Crippen LogP contribution in [0.5, 0.6) is 5.75 Å². The third-order valence-electron chi connectivity index (χ3n) is 4.75. The van der Waals surface area contributed by atoms with Crippen LogP contribution >= 0.6 is 11.3 Å². The fourth-order valence-corrected chi connectivity index (χ4v) is 4.14. The van der Waals surface area contributed by atoms with Gasteiger partial charge in [-0.2, -0.15) is 13.2 Å². The smallest absolute Gasteiger partial charge is 0.449 e. The van der Waals surface area contributed by atoms with E-state index in [1.54, 1.807) is 6.92 Å². The molecule has 1 amide bonds. The van der Waals surface area contributed by atoms with Crippen molar-refractivity contribution in [1.29, 1.82) is 0 Å². The summed E-state index contributed by atoms with van der Waals surface area (Å²) >= 11 is 1.02. The number of carbonyl (C=O) groups is 1. The van der Waals surface area contributed by atoms with E-state index < -0.39 is 17.5 Å². The second-order valence-corrected chi connectivity index (χ2v) is 8.20. The van der Waals surface area contributed by atoms with Crippen molar-refractivity contribution in [2.24, 2.45) is 0 Å². The third kappa shape index (κ3) is 5.20. The fraction of sp³-hybridized carbons (Fsp3) is 0.174. The first kappa shape index (κ1) is 23.3. The summed E-state index contributed by atoms with van der Waals surface area (Å²) in [5.74, 6) is -1.44. The average molecular weight is 489 g/mol. The summed E-state index contributed by atoms with van der Waals surface area (Å²) in [5, 5.41) is 3.07. The Bertz CT molecular complexity index is 1360. The number of nitrogens with zero attached hydrogens (tertiary/aromatic N) is 1. The van der Waals surface area contributed by atoms with Gasteiger partial charge in [0.2, 0.25) is 5.76 Å². The number of aromatic amines is 1. The topological polar surface area (TPSA) is 97.2 Å². The van der Waals surface area contributed by atoms with Crippen molar-refractivity contribution in [1.82, 2.24) is 15.3 Å². The molecule has 3 aromatic heterocycles. The second-order valence-electron chi connectivity index (χ2n) is 7.20. The lowest BCUT2D eigenvalue weighted by Gasteiger charge is -2.08. The molecule has 0 aliphatic rings. The summed E-state index contributed by atoms with van der Waals surface area (Å²) in [5.41, 5.74) is 0.916. The minimum atomic E-state index is -4.61. The number of H-pyrrole nitrogens is 1. The molecule has 7 nitrogen and oxygen atoms in total. The van der Waals surface area contributed by atoms with Gasteiger partial charge in [-0.05, 0) is 30.7 Å². The van der Waals surface area contributed by atoms with Crippen LogP contribution in [0.25, 0.3) is 10.6 Å². The van der Waals surface area contributed by atoms with Gasteiger partial charge in [0.25, 0.3) is 11.5 Å². The van der Waals surface area contributed by atoms with Gasteiger partial charge in [0.15, 0.2) is 0 Å². The molecule has 0 bridgehead atoms. The standard InChI is InChI=1S/C23H18F3N3O4S/c1-13-19(21(31)28-11-14-5-3-2-4-6-14)34-22(29-13)18-16(9-10-27-20(18)30)32-12-15-7-8-17(33-15)23(24,25)26/h2-10H,11-12H2,1H3,(H,27,30)(H,28,31). The Balaban J connectivity index is 1.54. The number of carbonyl (C=O) groups excluding carboxylic acids is 1. The molecule has 1 aromatic carbocycles. The van der Waals surface area contributed by atoms with Gasteiger partial charge in [-0.3, -0.25) is 9.59 Å². The van der Waals surface area contributed by atoms with Gasteiger partial charge in [0.05, 0.1) is 5.69 Å². The maximum atomic E-state index is 12.7. The summed E-state index contributed by atoms with van der Waals surface area (Å²) in [6.07, 6.45) is -3.26. The van der Waals surface area contributed by atoms with Crippen molar-refractivity contribution >= 4 is 17.2 Å². The molecule has 0 aliphatic carbocycles. The number of pyridine rings is 1. The SMILES string of the molecule is Cc1nc(-c2c(OCc3ccc(C(F)(F)F)o3)cc[nH]c2=O)sc1C(=O)NCc1ccccc1. The Morgan fingerprint density at radius 1 is 1.18 bits per heavy atom. The number of alkyl halides is 3. The largest absolute Gasteiger partial charge is 0.485 e. The molecule has 4 rings (SSSR count). The predicted molar refractivity (Wildman–Crippen MR) is 119 cm³/mol. The number of rotatable bonds is 7. The number of aromatic nitrogens is 2. The lowest BCUT2D eigenvalue weighted by Crippen LogP contribution is -2.22. The molecule has 3 heterocycles. The zero-order valence-electron chi connectivity index (χ0n) is 17.7. The van der Waals surface area contributed by atoms with E-state index in [-0.39, 0.29) is 34.6 Å². The molecule has 0 radical (unpaired) electrons. The first-order valence-corrected chi connectivity index (χ1v) is 10.8. The zero-order chi connectivity index (χ0) is 24.3. The number of aryl methyl sites for hydroxylation is 1. The van der Waals surface area contributed by atoms with Crippen LogP contribution in [0.2, 0.25) is 0 Å². The number of benzene rings is 1. The Labute approximate surface area is 195 Å². The van der Waals surface area contributed by atoms with Gasteiger partial charge >= 0.3 is 6.18 Å². The molecule has 11 heteroatoms. The third-order valence-corrected chi connectivity index (χ3v) is 5.92. The Hall–Kier alpha value is -3.86. The number of furan rings is 1. The molecule has 0 atom stereocenters. The first-order valence-electron chi connectivity index (χ1n) is 10.0. The highest BCUT2D eigenvalue weighted by molar-refractivity contribution is 7.17. The van der Waals surface area contributed by atoms with Gasteiger partial charge in [0, 0.05) is 12.7 Å². The molecule has 0 saturated heterocycles. The number of ether oxygens (including phenoxy) is 1. The van der Waals surface area contributed by atoms with Crippen molar-refractivity contribution in [3.8, 4) is 16.3 Å². The molecule has 0 aliphatic heterocycles. The van der Waals surface area contributed by atoms with Crippen LogP contribution in [0.4, 0.5) is 13.2 Å². The minimum absolute atomic E-state index is 0.0603. The number of amides is 1. The lowest BCUT2D eigenvalue weighted by molar-refractivity contribution is -0.153. The van der Waals surface area contributed by atoms with Crippen molar-refractivity contribution < 1.29 is 27.1 Å². The van der Waals surface area contributed by atoms with Crippen LogP contribution in [0.3, 0.4) is 0 Å². The average Bonchev–Trinajstić information content (AvgIpc) is 3.43. The van der Waals surface area contributed by atoms with Crippen LogP contribution in [-0.2, 0) is 19.3 Å². The highest BCUT2D eigenvalue weighted by atomic mass is 32.1. The van der Waals surface area contributed by atoms with E-state index in [2.05, 4.69) is 15.3 Å². The van der Waals surface area contributed by atoms with E-state index in [9.17, 15) is 22.8 Å². The molecule has 0 spiro atoms. The molecule has 34 heavy (non-hydrogen) atoms. The summed E-state index contributed by atoms with van der Waals surface area (Å²) in [6, 6.07) is 12.8. The minimum Gasteiger partial charge on any atom is -0.485 e. The molecule has 0 fully saturated rings. The maximum absolute atomic E-state index is 12.7. The van der Waals surface area contributed by atoms with E-state index >= 15 is 0 Å². The van der Waals surface area contributed by atoms with E-state index in [1.165, 1.54) is 12.3 Å². The number of hydrogen-bond donors (Lipinski definition) is 2. The molecule has 4 aromatic rings. The van der Waals surface area contributed by atoms with Gasteiger partial charge in [-0.15, -0.1) is 11.3 Å². The number of nitrogens with one attached hydrogen (secondary N) is 2. The maximum Gasteiger partial charge on any atom is 0.449 e. The molecule has 0 unspecified atom stereocenters. The van der Waals surface area contributed by atoms with Crippen LogP contribution in [0.15, 0.2) is 63.9 Å². The van der Waals surface area contributed by atoms with Crippen molar-refractivity contribution in [3.05, 3.63) is 92.7 Å². The Morgan fingerprint density at radius 3 is 2.65 bits per heavy atom. The zero-order valence-corrected chi connectivity index (χ0v) is 18.5. The monoisotopic (exact) mass is 489 g/mol. The van der Waals surface area contributed by atoms with Crippen LogP contribution < -0.4 is 15.6 Å². The van der Waals surface area contributed by atoms with Crippen molar-refractivity contribution in [2.75, 3.05) is 0 Å². The molecule has 176 valence electrons. The number of halogens is 3. The van der Waals surface area contributed by atoms with Gasteiger partial charge < -0.3 is 19.5 Å². The second kappa shape index (κ2) is 9.56. The summed E-state index contributed by atoms with van der Waals surface area (Å²) in [6.45, 7) is 1.65. The normalized spacial score (nSPS) is 11.4. The molecule has 0 saturated carbocycles. The van der Waals surface area contributed by atoms with Crippen LogP contribution in [0, 0.1) is 6.92 Å².